The number of benzene rings is 2. The number of halogens is 3. The number of aliphatic imine (C=N–C) groups is 1. The molecule has 0 unspecified atom stereocenters. The molecule has 3 heterocycles. The van der Waals surface area contributed by atoms with Crippen LogP contribution in [0.25, 0.3) is 11.1 Å². The van der Waals surface area contributed by atoms with Crippen LogP contribution in [-0.4, -0.2) is 67.2 Å². The molecule has 1 fully saturated rings. The second-order valence-electron chi connectivity index (χ2n) is 9.79. The molecule has 0 aliphatic carbocycles. The highest BCUT2D eigenvalue weighted by Crippen LogP contribution is 2.40. The normalized spacial score (nSPS) is 16.1. The summed E-state index contributed by atoms with van der Waals surface area (Å²) in [6, 6.07) is 12.3. The van der Waals surface area contributed by atoms with Crippen LogP contribution in [0.1, 0.15) is 39.7 Å². The third kappa shape index (κ3) is 5.94. The SMILES string of the molecule is CCN=C1OCCN1Cc1cc2c(c(-c3cccnc3C(F)(F)F)c1)CCN(Cc1cc(OC)cc(OC)c1)C2=O. The van der Waals surface area contributed by atoms with Gasteiger partial charge in [0.15, 0.2) is 5.69 Å². The van der Waals surface area contributed by atoms with Crippen molar-refractivity contribution in [1.29, 1.82) is 0 Å². The van der Waals surface area contributed by atoms with E-state index in [-0.39, 0.29) is 11.5 Å². The van der Waals surface area contributed by atoms with Crippen molar-refractivity contribution < 1.29 is 32.2 Å². The topological polar surface area (TPSA) is 76.5 Å². The Morgan fingerprint density at radius 2 is 1.63 bits per heavy atom. The van der Waals surface area contributed by atoms with Gasteiger partial charge in [0.25, 0.3) is 11.9 Å². The summed E-state index contributed by atoms with van der Waals surface area (Å²) in [4.78, 5) is 25.6. The Balaban J connectivity index is 1.57. The summed E-state index contributed by atoms with van der Waals surface area (Å²) in [5.41, 5.74) is 1.80. The van der Waals surface area contributed by atoms with Crippen LogP contribution in [0.2, 0.25) is 0 Å². The summed E-state index contributed by atoms with van der Waals surface area (Å²) in [6.07, 6.45) is -3.13. The molecule has 0 saturated carbocycles. The quantitative estimate of drug-likeness (QED) is 0.372. The van der Waals surface area contributed by atoms with E-state index in [1.807, 2.05) is 24.0 Å². The van der Waals surface area contributed by atoms with Gasteiger partial charge in [-0.1, -0.05) is 6.07 Å². The fourth-order valence-corrected chi connectivity index (χ4v) is 5.30. The number of ether oxygens (including phenoxy) is 3. The van der Waals surface area contributed by atoms with E-state index >= 15 is 0 Å². The van der Waals surface area contributed by atoms with E-state index in [2.05, 4.69) is 9.98 Å². The van der Waals surface area contributed by atoms with Crippen LogP contribution in [0, 0.1) is 0 Å². The molecule has 1 aromatic heterocycles. The highest BCUT2D eigenvalue weighted by atomic mass is 19.4. The first kappa shape index (κ1) is 28.3. The Morgan fingerprint density at radius 1 is 0.951 bits per heavy atom. The van der Waals surface area contributed by atoms with Crippen LogP contribution in [-0.2, 0) is 30.4 Å². The second kappa shape index (κ2) is 11.7. The monoisotopic (exact) mass is 568 g/mol. The van der Waals surface area contributed by atoms with Crippen LogP contribution < -0.4 is 9.47 Å². The summed E-state index contributed by atoms with van der Waals surface area (Å²) < 4.78 is 58.5. The number of pyridine rings is 1. The van der Waals surface area contributed by atoms with Gasteiger partial charge in [0, 0.05) is 49.6 Å². The maximum atomic E-state index is 14.0. The summed E-state index contributed by atoms with van der Waals surface area (Å²) >= 11 is 0. The lowest BCUT2D eigenvalue weighted by Gasteiger charge is -2.31. The smallest absolute Gasteiger partial charge is 0.433 e. The molecular weight excluding hydrogens is 537 g/mol. The molecule has 5 rings (SSSR count). The number of carbonyl (C=O) groups excluding carboxylic acids is 1. The van der Waals surface area contributed by atoms with Gasteiger partial charge in [-0.15, -0.1) is 0 Å². The number of methoxy groups -OCH3 is 2. The number of fused-ring (bicyclic) bond motifs is 1. The van der Waals surface area contributed by atoms with Crippen molar-refractivity contribution in [3.63, 3.8) is 0 Å². The van der Waals surface area contributed by atoms with Gasteiger partial charge in [-0.2, -0.15) is 13.2 Å². The zero-order chi connectivity index (χ0) is 29.1. The number of rotatable bonds is 8. The van der Waals surface area contributed by atoms with Crippen molar-refractivity contribution in [2.24, 2.45) is 4.99 Å². The largest absolute Gasteiger partial charge is 0.497 e. The minimum atomic E-state index is -4.65. The molecule has 1 saturated heterocycles. The fraction of sp³-hybridized carbons (Fsp3) is 0.367. The number of amides is 1. The van der Waals surface area contributed by atoms with Crippen molar-refractivity contribution in [3.05, 3.63) is 76.6 Å². The maximum absolute atomic E-state index is 14.0. The molecule has 8 nitrogen and oxygen atoms in total. The molecule has 216 valence electrons. The number of nitrogens with zero attached hydrogens (tertiary/aromatic N) is 4. The average Bonchev–Trinajstić information content (AvgIpc) is 3.40. The Labute approximate surface area is 236 Å². The summed E-state index contributed by atoms with van der Waals surface area (Å²) in [5, 5.41) is 0. The summed E-state index contributed by atoms with van der Waals surface area (Å²) in [7, 11) is 3.11. The minimum Gasteiger partial charge on any atom is -0.497 e. The van der Waals surface area contributed by atoms with E-state index in [9.17, 15) is 18.0 Å². The minimum absolute atomic E-state index is 0.0444. The van der Waals surface area contributed by atoms with Crippen molar-refractivity contribution in [3.8, 4) is 22.6 Å². The molecule has 2 aliphatic rings. The van der Waals surface area contributed by atoms with Gasteiger partial charge >= 0.3 is 6.18 Å². The van der Waals surface area contributed by atoms with Crippen molar-refractivity contribution in [2.75, 3.05) is 40.5 Å². The van der Waals surface area contributed by atoms with Gasteiger partial charge in [0.05, 0.1) is 20.8 Å². The third-order valence-corrected chi connectivity index (χ3v) is 7.14. The highest BCUT2D eigenvalue weighted by Gasteiger charge is 2.37. The van der Waals surface area contributed by atoms with E-state index < -0.39 is 11.9 Å². The van der Waals surface area contributed by atoms with Crippen LogP contribution in [0.15, 0.2) is 53.7 Å². The molecule has 3 aromatic rings. The molecule has 0 atom stereocenters. The van der Waals surface area contributed by atoms with Crippen molar-refractivity contribution in [2.45, 2.75) is 32.6 Å². The predicted molar refractivity (Wildman–Crippen MR) is 147 cm³/mol. The maximum Gasteiger partial charge on any atom is 0.433 e. The second-order valence-corrected chi connectivity index (χ2v) is 9.79. The van der Waals surface area contributed by atoms with E-state index in [0.29, 0.717) is 85.5 Å². The Kier molecular flexibility index (Phi) is 8.05. The molecule has 11 heteroatoms. The van der Waals surface area contributed by atoms with Crippen molar-refractivity contribution >= 4 is 11.9 Å². The lowest BCUT2D eigenvalue weighted by molar-refractivity contribution is -0.140. The van der Waals surface area contributed by atoms with Gasteiger partial charge in [-0.3, -0.25) is 9.78 Å². The number of alkyl halides is 3. The Hall–Kier alpha value is -4.28. The number of aromatic nitrogens is 1. The van der Waals surface area contributed by atoms with E-state index in [1.54, 1.807) is 37.3 Å². The zero-order valence-corrected chi connectivity index (χ0v) is 23.1. The van der Waals surface area contributed by atoms with Crippen molar-refractivity contribution in [1.82, 2.24) is 14.8 Å². The molecular formula is C30H31F3N4O4. The van der Waals surface area contributed by atoms with Gasteiger partial charge in [-0.05, 0) is 65.9 Å². The highest BCUT2D eigenvalue weighted by molar-refractivity contribution is 5.99. The van der Waals surface area contributed by atoms with Gasteiger partial charge in [0.1, 0.15) is 18.1 Å². The molecule has 0 radical (unpaired) electrons. The first-order chi connectivity index (χ1) is 19.7. The number of carbonyl (C=O) groups is 1. The molecule has 0 N–H and O–H groups in total. The number of hydrogen-bond donors (Lipinski definition) is 0. The molecule has 2 aromatic carbocycles. The Morgan fingerprint density at radius 3 is 2.32 bits per heavy atom. The van der Waals surface area contributed by atoms with Crippen LogP contribution in [0.3, 0.4) is 0 Å². The van der Waals surface area contributed by atoms with E-state index in [4.69, 9.17) is 14.2 Å². The van der Waals surface area contributed by atoms with E-state index in [0.717, 1.165) is 11.8 Å². The van der Waals surface area contributed by atoms with Crippen LogP contribution in [0.4, 0.5) is 13.2 Å². The fourth-order valence-electron chi connectivity index (χ4n) is 5.30. The summed E-state index contributed by atoms with van der Waals surface area (Å²) in [5.74, 6) is 0.943. The average molecular weight is 569 g/mol. The molecule has 0 spiro atoms. The predicted octanol–water partition coefficient (Wildman–Crippen LogP) is 5.19. The Bertz CT molecular complexity index is 1450. The number of amidine groups is 1. The molecule has 41 heavy (non-hydrogen) atoms. The standard InChI is InChI=1S/C30H31F3N4O4/c1-4-34-29-37(10-11-41-29)18-20-14-25(24-6-5-8-35-27(24)30(31,32)33)23-7-9-36(28(38)26(23)15-20)17-19-12-21(39-2)16-22(13-19)40-3/h5-6,8,12-16H,4,7,9-11,17-18H2,1-3H3. The zero-order valence-electron chi connectivity index (χ0n) is 23.1. The summed E-state index contributed by atoms with van der Waals surface area (Å²) in [6.45, 7) is 4.45. The van der Waals surface area contributed by atoms with E-state index in [1.165, 1.54) is 12.1 Å². The van der Waals surface area contributed by atoms with Crippen LogP contribution >= 0.6 is 0 Å². The first-order valence-electron chi connectivity index (χ1n) is 13.3. The van der Waals surface area contributed by atoms with Gasteiger partial charge in [-0.25, -0.2) is 4.99 Å². The third-order valence-electron chi connectivity index (χ3n) is 7.14. The lowest BCUT2D eigenvalue weighted by Crippen LogP contribution is -2.37. The van der Waals surface area contributed by atoms with Gasteiger partial charge in [0.2, 0.25) is 0 Å². The van der Waals surface area contributed by atoms with Crippen LogP contribution in [0.5, 0.6) is 11.5 Å². The lowest BCUT2D eigenvalue weighted by atomic mass is 9.87. The first-order valence-corrected chi connectivity index (χ1v) is 13.3. The molecule has 1 amide bonds. The molecule has 0 bridgehead atoms. The number of hydrogen-bond acceptors (Lipinski definition) is 6. The van der Waals surface area contributed by atoms with Gasteiger partial charge < -0.3 is 24.0 Å². The molecule has 2 aliphatic heterocycles.